The van der Waals surface area contributed by atoms with E-state index < -0.39 is 0 Å². The molecule has 1 amide bonds. The Morgan fingerprint density at radius 3 is 2.83 bits per heavy atom. The van der Waals surface area contributed by atoms with E-state index in [9.17, 15) is 4.79 Å². The molecule has 0 bridgehead atoms. The number of amides is 1. The highest BCUT2D eigenvalue weighted by atomic mass is 16.2. The van der Waals surface area contributed by atoms with Crippen LogP contribution < -0.4 is 5.32 Å². The Kier molecular flexibility index (Phi) is 3.79. The molecule has 1 fully saturated rings. The highest BCUT2D eigenvalue weighted by Crippen LogP contribution is 2.31. The van der Waals surface area contributed by atoms with Crippen LogP contribution in [0.25, 0.3) is 0 Å². The van der Waals surface area contributed by atoms with Gasteiger partial charge in [0.15, 0.2) is 0 Å². The molecule has 0 aromatic carbocycles. The van der Waals surface area contributed by atoms with E-state index in [1.165, 1.54) is 5.56 Å². The molecule has 1 atom stereocenters. The lowest BCUT2D eigenvalue weighted by molar-refractivity contribution is -0.120. The summed E-state index contributed by atoms with van der Waals surface area (Å²) >= 11 is 0. The maximum absolute atomic E-state index is 11.5. The summed E-state index contributed by atoms with van der Waals surface area (Å²) in [6.45, 7) is 7.66. The molecular formula is C15H24N2O. The van der Waals surface area contributed by atoms with Crippen LogP contribution in [0.2, 0.25) is 0 Å². The van der Waals surface area contributed by atoms with Crippen molar-refractivity contribution >= 4 is 5.91 Å². The molecule has 3 nitrogen and oxygen atoms in total. The van der Waals surface area contributed by atoms with Gasteiger partial charge in [0.2, 0.25) is 5.91 Å². The third-order valence-electron chi connectivity index (χ3n) is 4.10. The van der Waals surface area contributed by atoms with Crippen LogP contribution in [0, 0.1) is 5.92 Å². The van der Waals surface area contributed by atoms with Crippen molar-refractivity contribution < 1.29 is 4.79 Å². The largest absolute Gasteiger partial charge is 0.354 e. The number of aromatic nitrogens is 1. The predicted molar refractivity (Wildman–Crippen MR) is 73.4 cm³/mol. The molecule has 0 saturated carbocycles. The second-order valence-corrected chi connectivity index (χ2v) is 5.79. The lowest BCUT2D eigenvalue weighted by Crippen LogP contribution is -2.48. The summed E-state index contributed by atoms with van der Waals surface area (Å²) in [5.41, 5.74) is 1.30. The Morgan fingerprint density at radius 2 is 2.28 bits per heavy atom. The molecule has 1 saturated heterocycles. The molecule has 3 heteroatoms. The third kappa shape index (κ3) is 2.60. The topological polar surface area (TPSA) is 34.0 Å². The van der Waals surface area contributed by atoms with Crippen molar-refractivity contribution in [1.29, 1.82) is 0 Å². The van der Waals surface area contributed by atoms with E-state index in [2.05, 4.69) is 49.1 Å². The minimum Gasteiger partial charge on any atom is -0.354 e. The minimum absolute atomic E-state index is 0.0323. The van der Waals surface area contributed by atoms with Gasteiger partial charge in [0.25, 0.3) is 0 Å². The van der Waals surface area contributed by atoms with Crippen molar-refractivity contribution in [3.05, 3.63) is 24.0 Å². The zero-order valence-electron chi connectivity index (χ0n) is 11.7. The zero-order chi connectivity index (χ0) is 13.2. The average Bonchev–Trinajstić information content (AvgIpc) is 2.88. The molecule has 1 aromatic rings. The molecule has 0 aliphatic carbocycles. The van der Waals surface area contributed by atoms with Gasteiger partial charge in [-0.25, -0.2) is 0 Å². The number of rotatable bonds is 5. The van der Waals surface area contributed by atoms with Gasteiger partial charge in [0, 0.05) is 30.9 Å². The number of hydrogen-bond acceptors (Lipinski definition) is 1. The van der Waals surface area contributed by atoms with Crippen LogP contribution in [0.4, 0.5) is 0 Å². The Balaban J connectivity index is 2.11. The highest BCUT2D eigenvalue weighted by Gasteiger charge is 2.40. The van der Waals surface area contributed by atoms with Crippen molar-refractivity contribution in [3.8, 4) is 0 Å². The zero-order valence-corrected chi connectivity index (χ0v) is 11.7. The minimum atomic E-state index is -0.0323. The summed E-state index contributed by atoms with van der Waals surface area (Å²) in [5, 5.41) is 3.21. The molecule has 1 aliphatic rings. The molecule has 1 N–H and O–H groups in total. The van der Waals surface area contributed by atoms with Crippen molar-refractivity contribution in [1.82, 2.24) is 9.88 Å². The van der Waals surface area contributed by atoms with Crippen molar-refractivity contribution in [2.24, 2.45) is 5.92 Å². The van der Waals surface area contributed by atoms with Crippen LogP contribution in [0.1, 0.15) is 45.6 Å². The van der Waals surface area contributed by atoms with E-state index in [1.54, 1.807) is 0 Å². The number of aryl methyl sites for hydroxylation is 1. The van der Waals surface area contributed by atoms with Gasteiger partial charge in [-0.1, -0.05) is 20.8 Å². The van der Waals surface area contributed by atoms with Crippen molar-refractivity contribution in [2.45, 2.75) is 58.5 Å². The van der Waals surface area contributed by atoms with Gasteiger partial charge < -0.3 is 9.88 Å². The van der Waals surface area contributed by atoms with E-state index in [1.807, 2.05) is 0 Å². The molecule has 2 rings (SSSR count). The maximum Gasteiger partial charge on any atom is 0.220 e. The van der Waals surface area contributed by atoms with Gasteiger partial charge in [-0.15, -0.1) is 0 Å². The smallest absolute Gasteiger partial charge is 0.220 e. The Hall–Kier alpha value is -1.25. The van der Waals surface area contributed by atoms with E-state index in [4.69, 9.17) is 0 Å². The first-order chi connectivity index (χ1) is 8.55. The molecule has 0 radical (unpaired) electrons. The number of nitrogens with zero attached hydrogens (tertiary/aromatic N) is 1. The summed E-state index contributed by atoms with van der Waals surface area (Å²) in [6, 6.07) is 2.18. The molecule has 1 aliphatic heterocycles. The first kappa shape index (κ1) is 13.2. The van der Waals surface area contributed by atoms with Crippen LogP contribution in [-0.2, 0) is 17.8 Å². The molecule has 100 valence electrons. The van der Waals surface area contributed by atoms with Crippen molar-refractivity contribution in [3.63, 3.8) is 0 Å². The fraction of sp³-hybridized carbons (Fsp3) is 0.667. The van der Waals surface area contributed by atoms with Crippen LogP contribution in [0.3, 0.4) is 0 Å². The summed E-state index contributed by atoms with van der Waals surface area (Å²) in [6.07, 6.45) is 8.10. The van der Waals surface area contributed by atoms with Crippen LogP contribution >= 0.6 is 0 Å². The molecule has 1 unspecified atom stereocenters. The number of nitrogens with one attached hydrogen (secondary N) is 1. The lowest BCUT2D eigenvalue weighted by Gasteiger charge is -2.33. The molecule has 18 heavy (non-hydrogen) atoms. The molecular weight excluding hydrogens is 224 g/mol. The van der Waals surface area contributed by atoms with Gasteiger partial charge in [-0.3, -0.25) is 4.79 Å². The summed E-state index contributed by atoms with van der Waals surface area (Å²) < 4.78 is 2.24. The second-order valence-electron chi connectivity index (χ2n) is 5.79. The lowest BCUT2D eigenvalue weighted by atomic mass is 9.80. The van der Waals surface area contributed by atoms with Crippen LogP contribution in [0.15, 0.2) is 18.5 Å². The van der Waals surface area contributed by atoms with Crippen molar-refractivity contribution in [2.75, 3.05) is 0 Å². The summed E-state index contributed by atoms with van der Waals surface area (Å²) in [7, 11) is 0. The van der Waals surface area contributed by atoms with Crippen LogP contribution in [0.5, 0.6) is 0 Å². The highest BCUT2D eigenvalue weighted by molar-refractivity contribution is 5.79. The number of carbonyl (C=O) groups is 1. The fourth-order valence-corrected chi connectivity index (χ4v) is 2.87. The Labute approximate surface area is 110 Å². The van der Waals surface area contributed by atoms with Gasteiger partial charge in [-0.05, 0) is 36.8 Å². The first-order valence-corrected chi connectivity index (χ1v) is 7.01. The predicted octanol–water partition coefficient (Wildman–Crippen LogP) is 2.75. The third-order valence-corrected chi connectivity index (χ3v) is 4.10. The van der Waals surface area contributed by atoms with Gasteiger partial charge >= 0.3 is 0 Å². The Bertz CT molecular complexity index is 422. The monoisotopic (exact) mass is 248 g/mol. The second kappa shape index (κ2) is 5.17. The van der Waals surface area contributed by atoms with E-state index in [0.29, 0.717) is 12.3 Å². The molecule has 2 heterocycles. The van der Waals surface area contributed by atoms with Gasteiger partial charge in [-0.2, -0.15) is 0 Å². The quantitative estimate of drug-likeness (QED) is 0.854. The van der Waals surface area contributed by atoms with E-state index in [0.717, 1.165) is 25.8 Å². The molecule has 0 spiro atoms. The van der Waals surface area contributed by atoms with E-state index in [-0.39, 0.29) is 11.4 Å². The SMILES string of the molecule is CCCn1ccc(CC2(C(C)C)CCC(=O)N2)c1. The molecule has 1 aromatic heterocycles. The van der Waals surface area contributed by atoms with Gasteiger partial charge in [0.05, 0.1) is 0 Å². The average molecular weight is 248 g/mol. The normalized spacial score (nSPS) is 23.7. The maximum atomic E-state index is 11.5. The van der Waals surface area contributed by atoms with Gasteiger partial charge in [0.1, 0.15) is 0 Å². The summed E-state index contributed by atoms with van der Waals surface area (Å²) in [4.78, 5) is 11.5. The van der Waals surface area contributed by atoms with Crippen LogP contribution in [-0.4, -0.2) is 16.0 Å². The number of hydrogen-bond donors (Lipinski definition) is 1. The Morgan fingerprint density at radius 1 is 1.50 bits per heavy atom. The fourth-order valence-electron chi connectivity index (χ4n) is 2.87. The standard InChI is InChI=1S/C15H24N2O/c1-4-8-17-9-6-13(11-17)10-15(12(2)3)7-5-14(18)16-15/h6,9,11-12H,4-5,7-8,10H2,1-3H3,(H,16,18). The van der Waals surface area contributed by atoms with E-state index >= 15 is 0 Å². The first-order valence-electron chi connectivity index (χ1n) is 7.01. The number of carbonyl (C=O) groups excluding carboxylic acids is 1. The summed E-state index contributed by atoms with van der Waals surface area (Å²) in [5.74, 6) is 0.676.